The number of rotatable bonds is 6. The van der Waals surface area contributed by atoms with E-state index in [1.54, 1.807) is 19.2 Å². The van der Waals surface area contributed by atoms with Gasteiger partial charge in [0.25, 0.3) is 0 Å². The van der Waals surface area contributed by atoms with Crippen LogP contribution in [0.15, 0.2) is 24.4 Å². The Morgan fingerprint density at radius 3 is 2.64 bits per heavy atom. The van der Waals surface area contributed by atoms with Crippen molar-refractivity contribution >= 4 is 23.5 Å². The average Bonchev–Trinajstić information content (AvgIpc) is 3.45. The van der Waals surface area contributed by atoms with Gasteiger partial charge >= 0.3 is 5.97 Å². The number of anilines is 1. The molecule has 148 valence electrons. The summed E-state index contributed by atoms with van der Waals surface area (Å²) in [5.41, 5.74) is 1.28. The number of nitrogens with zero attached hydrogens (tertiary/aromatic N) is 3. The van der Waals surface area contributed by atoms with Gasteiger partial charge in [-0.25, -0.2) is 9.78 Å². The van der Waals surface area contributed by atoms with Crippen LogP contribution in [0.1, 0.15) is 41.6 Å². The molecular weight excluding hydrogens is 382 g/mol. The van der Waals surface area contributed by atoms with Crippen LogP contribution in [0.2, 0.25) is 5.02 Å². The molecule has 1 aromatic carbocycles. The van der Waals surface area contributed by atoms with E-state index in [-0.39, 0.29) is 18.1 Å². The molecule has 0 atom stereocenters. The Morgan fingerprint density at radius 1 is 1.29 bits per heavy atom. The third kappa shape index (κ3) is 3.85. The summed E-state index contributed by atoms with van der Waals surface area (Å²) in [7, 11) is 1.55. The summed E-state index contributed by atoms with van der Waals surface area (Å²) in [6, 6.07) is 5.28. The zero-order valence-corrected chi connectivity index (χ0v) is 16.4. The van der Waals surface area contributed by atoms with E-state index in [0.29, 0.717) is 22.1 Å². The number of hydrogen-bond donors (Lipinski definition) is 1. The molecule has 28 heavy (non-hydrogen) atoms. The Kier molecular flexibility index (Phi) is 5.02. The molecule has 0 unspecified atom stereocenters. The van der Waals surface area contributed by atoms with Gasteiger partial charge in [-0.15, -0.1) is 0 Å². The van der Waals surface area contributed by atoms with Crippen molar-refractivity contribution < 1.29 is 19.4 Å². The Labute approximate surface area is 168 Å². The van der Waals surface area contributed by atoms with Gasteiger partial charge in [-0.2, -0.15) is 4.98 Å². The molecule has 2 heterocycles. The molecule has 1 aromatic heterocycles. The second kappa shape index (κ2) is 7.47. The molecule has 1 N–H and O–H groups in total. The number of aromatic carboxylic acids is 1. The van der Waals surface area contributed by atoms with E-state index in [4.69, 9.17) is 21.1 Å². The summed E-state index contributed by atoms with van der Waals surface area (Å²) in [5, 5.41) is 9.91. The lowest BCUT2D eigenvalue weighted by molar-refractivity contribution is 0.0690. The van der Waals surface area contributed by atoms with E-state index < -0.39 is 5.97 Å². The SMILES string of the molecule is COc1ccc(COc2nc(N3CCC4(CC3)CC4)ncc2C(=O)O)cc1Cl. The molecule has 1 aliphatic heterocycles. The van der Waals surface area contributed by atoms with Gasteiger partial charge in [0.1, 0.15) is 17.9 Å². The molecule has 1 aliphatic carbocycles. The van der Waals surface area contributed by atoms with E-state index in [1.807, 2.05) is 6.07 Å². The van der Waals surface area contributed by atoms with Crippen LogP contribution in [0.4, 0.5) is 5.95 Å². The third-order valence-electron chi connectivity index (χ3n) is 5.63. The molecule has 0 amide bonds. The first-order valence-corrected chi connectivity index (χ1v) is 9.68. The fraction of sp³-hybridized carbons (Fsp3) is 0.450. The lowest BCUT2D eigenvalue weighted by Crippen LogP contribution is -2.35. The zero-order chi connectivity index (χ0) is 19.7. The van der Waals surface area contributed by atoms with Crippen LogP contribution in [-0.2, 0) is 6.61 Å². The number of carboxylic acid groups (broad SMARTS) is 1. The summed E-state index contributed by atoms with van der Waals surface area (Å²) in [5.74, 6) is 0.0313. The lowest BCUT2D eigenvalue weighted by atomic mass is 9.94. The zero-order valence-electron chi connectivity index (χ0n) is 15.7. The molecule has 8 heteroatoms. The molecule has 1 spiro atoms. The number of aromatic nitrogens is 2. The lowest BCUT2D eigenvalue weighted by Gasteiger charge is -2.32. The van der Waals surface area contributed by atoms with Crippen molar-refractivity contribution in [2.45, 2.75) is 32.3 Å². The number of hydrogen-bond acceptors (Lipinski definition) is 6. The number of carbonyl (C=O) groups is 1. The Hall–Kier alpha value is -2.54. The maximum atomic E-state index is 11.5. The van der Waals surface area contributed by atoms with Gasteiger partial charge < -0.3 is 19.5 Å². The predicted molar refractivity (Wildman–Crippen MR) is 104 cm³/mol. The fourth-order valence-corrected chi connectivity index (χ4v) is 3.86. The van der Waals surface area contributed by atoms with Gasteiger partial charge in [-0.1, -0.05) is 17.7 Å². The van der Waals surface area contributed by atoms with Crippen molar-refractivity contribution in [3.05, 3.63) is 40.5 Å². The van der Waals surface area contributed by atoms with Crippen molar-refractivity contribution in [1.29, 1.82) is 0 Å². The van der Waals surface area contributed by atoms with Crippen molar-refractivity contribution in [3.8, 4) is 11.6 Å². The molecule has 4 rings (SSSR count). The van der Waals surface area contributed by atoms with Gasteiger partial charge in [0.2, 0.25) is 11.8 Å². The topological polar surface area (TPSA) is 84.8 Å². The highest BCUT2D eigenvalue weighted by Crippen LogP contribution is 2.53. The highest BCUT2D eigenvalue weighted by molar-refractivity contribution is 6.32. The molecular formula is C20H22ClN3O4. The van der Waals surface area contributed by atoms with Gasteiger partial charge in [-0.3, -0.25) is 0 Å². The number of benzene rings is 1. The maximum Gasteiger partial charge on any atom is 0.342 e. The first-order chi connectivity index (χ1) is 13.5. The minimum Gasteiger partial charge on any atom is -0.495 e. The quantitative estimate of drug-likeness (QED) is 0.785. The molecule has 0 bridgehead atoms. The van der Waals surface area contributed by atoms with E-state index >= 15 is 0 Å². The minimum absolute atomic E-state index is 0.0565. The van der Waals surface area contributed by atoms with E-state index in [2.05, 4.69) is 14.9 Å². The summed E-state index contributed by atoms with van der Waals surface area (Å²) in [4.78, 5) is 22.3. The fourth-order valence-electron chi connectivity index (χ4n) is 3.58. The van der Waals surface area contributed by atoms with Crippen molar-refractivity contribution in [2.24, 2.45) is 5.41 Å². The molecule has 1 saturated heterocycles. The highest BCUT2D eigenvalue weighted by atomic mass is 35.5. The largest absolute Gasteiger partial charge is 0.495 e. The second-order valence-corrected chi connectivity index (χ2v) is 7.85. The number of ether oxygens (including phenoxy) is 2. The van der Waals surface area contributed by atoms with Crippen LogP contribution in [0.25, 0.3) is 0 Å². The van der Waals surface area contributed by atoms with Gasteiger partial charge in [0, 0.05) is 13.1 Å². The summed E-state index contributed by atoms with van der Waals surface area (Å²) in [6.45, 7) is 1.92. The van der Waals surface area contributed by atoms with Gasteiger partial charge in [0.05, 0.1) is 18.3 Å². The second-order valence-electron chi connectivity index (χ2n) is 7.44. The minimum atomic E-state index is -1.12. The number of halogens is 1. The van der Waals surface area contributed by atoms with E-state index in [1.165, 1.54) is 19.0 Å². The number of carboxylic acids is 1. The van der Waals surface area contributed by atoms with Crippen LogP contribution in [0.3, 0.4) is 0 Å². The highest BCUT2D eigenvalue weighted by Gasteiger charge is 2.44. The van der Waals surface area contributed by atoms with Crippen molar-refractivity contribution in [1.82, 2.24) is 9.97 Å². The average molecular weight is 404 g/mol. The smallest absolute Gasteiger partial charge is 0.342 e. The number of methoxy groups -OCH3 is 1. The standard InChI is InChI=1S/C20H22ClN3O4/c1-27-16-3-2-13(10-15(16)21)12-28-17-14(18(25)26)11-22-19(23-17)24-8-6-20(4-5-20)7-9-24/h2-3,10-11H,4-9,12H2,1H3,(H,25,26). The summed E-state index contributed by atoms with van der Waals surface area (Å²) >= 11 is 6.14. The van der Waals surface area contributed by atoms with E-state index in [0.717, 1.165) is 31.5 Å². The predicted octanol–water partition coefficient (Wildman–Crippen LogP) is 3.80. The van der Waals surface area contributed by atoms with Crippen LogP contribution in [0, 0.1) is 5.41 Å². The van der Waals surface area contributed by atoms with Crippen LogP contribution in [0.5, 0.6) is 11.6 Å². The normalized spacial score (nSPS) is 17.4. The third-order valence-corrected chi connectivity index (χ3v) is 5.92. The van der Waals surface area contributed by atoms with E-state index in [9.17, 15) is 9.90 Å². The van der Waals surface area contributed by atoms with Crippen LogP contribution >= 0.6 is 11.6 Å². The Bertz CT molecular complexity index is 891. The van der Waals surface area contributed by atoms with Crippen LogP contribution in [-0.4, -0.2) is 41.2 Å². The number of piperidine rings is 1. The molecule has 0 radical (unpaired) electrons. The van der Waals surface area contributed by atoms with Crippen molar-refractivity contribution in [2.75, 3.05) is 25.1 Å². The molecule has 1 saturated carbocycles. The molecule has 2 aromatic rings. The molecule has 7 nitrogen and oxygen atoms in total. The van der Waals surface area contributed by atoms with Gasteiger partial charge in [-0.05, 0) is 48.8 Å². The monoisotopic (exact) mass is 403 g/mol. The first kappa shape index (κ1) is 18.8. The molecule has 2 fully saturated rings. The Balaban J connectivity index is 1.51. The summed E-state index contributed by atoms with van der Waals surface area (Å²) < 4.78 is 10.9. The van der Waals surface area contributed by atoms with Crippen molar-refractivity contribution in [3.63, 3.8) is 0 Å². The summed E-state index contributed by atoms with van der Waals surface area (Å²) in [6.07, 6.45) is 6.23. The Morgan fingerprint density at radius 2 is 2.04 bits per heavy atom. The van der Waals surface area contributed by atoms with Crippen LogP contribution < -0.4 is 14.4 Å². The van der Waals surface area contributed by atoms with Gasteiger partial charge in [0.15, 0.2) is 0 Å². The molecule has 2 aliphatic rings. The first-order valence-electron chi connectivity index (χ1n) is 9.30. The maximum absolute atomic E-state index is 11.5.